The van der Waals surface area contributed by atoms with Gasteiger partial charge in [0.2, 0.25) is 0 Å². The minimum Gasteiger partial charge on any atom is -0.452 e. The van der Waals surface area contributed by atoms with E-state index in [2.05, 4.69) is 5.32 Å². The number of benzene rings is 2. The van der Waals surface area contributed by atoms with Gasteiger partial charge < -0.3 is 10.1 Å². The predicted octanol–water partition coefficient (Wildman–Crippen LogP) is 3.37. The van der Waals surface area contributed by atoms with Crippen LogP contribution in [0.1, 0.15) is 21.5 Å². The van der Waals surface area contributed by atoms with Crippen molar-refractivity contribution in [3.8, 4) is 0 Å². The average Bonchev–Trinajstić information content (AvgIpc) is 2.62. The zero-order valence-electron chi connectivity index (χ0n) is 14.9. The number of halogens is 1. The first-order valence-electron chi connectivity index (χ1n) is 7.96. The van der Waals surface area contributed by atoms with E-state index in [-0.39, 0.29) is 10.6 Å². The minimum atomic E-state index is -1.09. The number of amides is 3. The number of urea groups is 1. The quantitative estimate of drug-likeness (QED) is 0.446. The molecule has 0 saturated carbocycles. The Morgan fingerprint density at radius 1 is 1.14 bits per heavy atom. The number of nitrogens with zero attached hydrogens (tertiary/aromatic N) is 1. The molecule has 0 saturated heterocycles. The van der Waals surface area contributed by atoms with Crippen molar-refractivity contribution in [3.05, 3.63) is 68.2 Å². The highest BCUT2D eigenvalue weighted by Gasteiger charge is 2.23. The second-order valence-electron chi connectivity index (χ2n) is 5.82. The molecule has 3 amide bonds. The summed E-state index contributed by atoms with van der Waals surface area (Å²) in [4.78, 5) is 45.8. The van der Waals surface area contributed by atoms with Crippen LogP contribution < -0.4 is 10.6 Å². The Kier molecular flexibility index (Phi) is 6.67. The maximum atomic E-state index is 12.0. The molecule has 0 heterocycles. The van der Waals surface area contributed by atoms with Crippen molar-refractivity contribution >= 4 is 40.9 Å². The molecule has 2 N–H and O–H groups in total. The fraction of sp³-hybridized carbons (Fsp3) is 0.167. The van der Waals surface area contributed by atoms with Crippen LogP contribution in [0.15, 0.2) is 36.4 Å². The van der Waals surface area contributed by atoms with Gasteiger partial charge in [-0.25, -0.2) is 9.59 Å². The number of carbonyl (C=O) groups excluding carboxylic acids is 3. The van der Waals surface area contributed by atoms with Gasteiger partial charge >= 0.3 is 12.0 Å². The Bertz CT molecular complexity index is 960. The Balaban J connectivity index is 1.92. The Labute approximate surface area is 164 Å². The lowest BCUT2D eigenvalue weighted by atomic mass is 10.1. The molecule has 0 aliphatic carbocycles. The van der Waals surface area contributed by atoms with Crippen molar-refractivity contribution in [1.29, 1.82) is 0 Å². The fourth-order valence-electron chi connectivity index (χ4n) is 2.31. The number of carbonyl (C=O) groups is 3. The number of hydrogen-bond acceptors (Lipinski definition) is 6. The predicted molar refractivity (Wildman–Crippen MR) is 101 cm³/mol. The maximum absolute atomic E-state index is 12.0. The summed E-state index contributed by atoms with van der Waals surface area (Å²) in [7, 11) is 0. The van der Waals surface area contributed by atoms with E-state index in [1.165, 1.54) is 6.07 Å². The van der Waals surface area contributed by atoms with E-state index in [1.807, 2.05) is 18.3 Å². The molecule has 9 nitrogen and oxygen atoms in total. The Morgan fingerprint density at radius 3 is 2.50 bits per heavy atom. The van der Waals surface area contributed by atoms with E-state index in [9.17, 15) is 24.5 Å². The third-order valence-electron chi connectivity index (χ3n) is 3.59. The lowest BCUT2D eigenvalue weighted by Crippen LogP contribution is -2.37. The van der Waals surface area contributed by atoms with Gasteiger partial charge in [0.05, 0.1) is 4.92 Å². The van der Waals surface area contributed by atoms with E-state index >= 15 is 0 Å². The van der Waals surface area contributed by atoms with Crippen LogP contribution >= 0.6 is 11.6 Å². The van der Waals surface area contributed by atoms with Gasteiger partial charge in [-0.1, -0.05) is 29.3 Å². The van der Waals surface area contributed by atoms with Crippen molar-refractivity contribution < 1.29 is 24.0 Å². The normalized spacial score (nSPS) is 10.1. The summed E-state index contributed by atoms with van der Waals surface area (Å²) < 4.78 is 4.73. The number of rotatable bonds is 5. The molecule has 2 aromatic rings. The summed E-state index contributed by atoms with van der Waals surface area (Å²) in [6.07, 6.45) is 0. The topological polar surface area (TPSA) is 128 Å². The van der Waals surface area contributed by atoms with E-state index in [0.29, 0.717) is 5.69 Å². The fourth-order valence-corrected chi connectivity index (χ4v) is 2.47. The molecule has 0 bridgehead atoms. The zero-order chi connectivity index (χ0) is 20.8. The monoisotopic (exact) mass is 405 g/mol. The SMILES string of the molecule is Cc1ccc(NC(=O)NC(=O)COC(=O)c2ccc(Cl)cc2[N+](=O)[O-])c(C)c1. The Morgan fingerprint density at radius 2 is 1.86 bits per heavy atom. The van der Waals surface area contributed by atoms with Gasteiger partial charge in [0, 0.05) is 16.8 Å². The van der Waals surface area contributed by atoms with Crippen molar-refractivity contribution in [2.24, 2.45) is 0 Å². The van der Waals surface area contributed by atoms with E-state index in [4.69, 9.17) is 16.3 Å². The number of anilines is 1. The average molecular weight is 406 g/mol. The van der Waals surface area contributed by atoms with Crippen LogP contribution in [0.4, 0.5) is 16.2 Å². The molecule has 0 aliphatic rings. The minimum absolute atomic E-state index is 0.0732. The van der Waals surface area contributed by atoms with Gasteiger partial charge in [-0.15, -0.1) is 0 Å². The van der Waals surface area contributed by atoms with Crippen LogP contribution in [0.2, 0.25) is 5.02 Å². The van der Waals surface area contributed by atoms with Crippen molar-refractivity contribution in [1.82, 2.24) is 5.32 Å². The molecule has 0 spiro atoms. The molecule has 0 atom stereocenters. The second-order valence-corrected chi connectivity index (χ2v) is 6.25. The standard InChI is InChI=1S/C18H16ClN3O6/c1-10-3-6-14(11(2)7-10)20-18(25)21-16(23)9-28-17(24)13-5-4-12(19)8-15(13)22(26)27/h3-8H,9H2,1-2H3,(H2,20,21,23,25). The number of nitrogens with one attached hydrogen (secondary N) is 2. The van der Waals surface area contributed by atoms with Crippen molar-refractivity contribution in [2.75, 3.05) is 11.9 Å². The van der Waals surface area contributed by atoms with Crippen LogP contribution in [0.5, 0.6) is 0 Å². The number of nitro groups is 1. The first-order valence-corrected chi connectivity index (χ1v) is 8.34. The number of esters is 1. The number of aryl methyl sites for hydroxylation is 2. The third kappa shape index (κ3) is 5.52. The number of hydrogen-bond donors (Lipinski definition) is 2. The number of imide groups is 1. The van der Waals surface area contributed by atoms with E-state index in [0.717, 1.165) is 23.3 Å². The van der Waals surface area contributed by atoms with Crippen LogP contribution in [0, 0.1) is 24.0 Å². The highest BCUT2D eigenvalue weighted by Crippen LogP contribution is 2.23. The summed E-state index contributed by atoms with van der Waals surface area (Å²) >= 11 is 5.67. The molecule has 146 valence electrons. The van der Waals surface area contributed by atoms with E-state index in [1.54, 1.807) is 19.1 Å². The third-order valence-corrected chi connectivity index (χ3v) is 3.83. The smallest absolute Gasteiger partial charge is 0.345 e. The van der Waals surface area contributed by atoms with Gasteiger partial charge in [0.15, 0.2) is 6.61 Å². The maximum Gasteiger partial charge on any atom is 0.345 e. The van der Waals surface area contributed by atoms with Crippen LogP contribution in [-0.4, -0.2) is 29.4 Å². The first kappa shape index (κ1) is 20.8. The first-order chi connectivity index (χ1) is 13.2. The highest BCUT2D eigenvalue weighted by molar-refractivity contribution is 6.31. The Hall–Kier alpha value is -3.46. The van der Waals surface area contributed by atoms with Crippen molar-refractivity contribution in [2.45, 2.75) is 13.8 Å². The molecule has 0 fully saturated rings. The summed E-state index contributed by atoms with van der Waals surface area (Å²) in [5, 5.41) is 15.6. The molecule has 28 heavy (non-hydrogen) atoms. The second kappa shape index (κ2) is 8.96. The lowest BCUT2D eigenvalue weighted by Gasteiger charge is -2.10. The molecule has 0 unspecified atom stereocenters. The number of ether oxygens (including phenoxy) is 1. The molecule has 2 aromatic carbocycles. The molecule has 0 aromatic heterocycles. The highest BCUT2D eigenvalue weighted by atomic mass is 35.5. The molecular weight excluding hydrogens is 390 g/mol. The summed E-state index contributed by atoms with van der Waals surface area (Å²) in [6.45, 7) is 2.91. The van der Waals surface area contributed by atoms with Gasteiger partial charge in [0.25, 0.3) is 11.6 Å². The van der Waals surface area contributed by atoms with Gasteiger partial charge in [-0.05, 0) is 37.6 Å². The summed E-state index contributed by atoms with van der Waals surface area (Å²) in [6, 6.07) is 7.94. The zero-order valence-corrected chi connectivity index (χ0v) is 15.7. The van der Waals surface area contributed by atoms with E-state index < -0.39 is 35.1 Å². The van der Waals surface area contributed by atoms with Crippen LogP contribution in [0.25, 0.3) is 0 Å². The molecule has 0 radical (unpaired) electrons. The lowest BCUT2D eigenvalue weighted by molar-refractivity contribution is -0.385. The molecule has 2 rings (SSSR count). The van der Waals surface area contributed by atoms with Gasteiger partial charge in [-0.2, -0.15) is 0 Å². The van der Waals surface area contributed by atoms with Gasteiger partial charge in [0.1, 0.15) is 5.56 Å². The van der Waals surface area contributed by atoms with Crippen LogP contribution in [0.3, 0.4) is 0 Å². The van der Waals surface area contributed by atoms with Crippen LogP contribution in [-0.2, 0) is 9.53 Å². The summed E-state index contributed by atoms with van der Waals surface area (Å²) in [5.74, 6) is -1.99. The number of nitro benzene ring substituents is 1. The molecular formula is C18H16ClN3O6. The van der Waals surface area contributed by atoms with Gasteiger partial charge in [-0.3, -0.25) is 20.2 Å². The summed E-state index contributed by atoms with van der Waals surface area (Å²) in [5.41, 5.74) is 1.43. The largest absolute Gasteiger partial charge is 0.452 e. The molecule has 10 heteroatoms. The molecule has 0 aliphatic heterocycles. The van der Waals surface area contributed by atoms with Crippen molar-refractivity contribution in [3.63, 3.8) is 0 Å².